The summed E-state index contributed by atoms with van der Waals surface area (Å²) in [6.45, 7) is 1.02. The first-order valence-electron chi connectivity index (χ1n) is 10.2. The first-order chi connectivity index (χ1) is 15.4. The molecule has 1 saturated heterocycles. The maximum absolute atomic E-state index is 12.8. The lowest BCUT2D eigenvalue weighted by atomic mass is 10.2. The summed E-state index contributed by atoms with van der Waals surface area (Å²) in [5.74, 6) is -0.185. The van der Waals surface area contributed by atoms with Crippen molar-refractivity contribution in [2.24, 2.45) is 7.05 Å². The molecule has 1 amide bonds. The molecule has 0 aliphatic carbocycles. The maximum atomic E-state index is 12.8. The van der Waals surface area contributed by atoms with Gasteiger partial charge in [-0.2, -0.15) is 4.31 Å². The molecule has 0 unspecified atom stereocenters. The van der Waals surface area contributed by atoms with Crippen molar-refractivity contribution in [1.82, 2.24) is 13.9 Å². The highest BCUT2D eigenvalue weighted by Crippen LogP contribution is 2.29. The van der Waals surface area contributed by atoms with Gasteiger partial charge in [0, 0.05) is 20.1 Å². The summed E-state index contributed by atoms with van der Waals surface area (Å²) in [6, 6.07) is 14.3. The van der Waals surface area contributed by atoms with Gasteiger partial charge in [0.05, 0.1) is 33.2 Å². The number of hydrogen-bond donors (Lipinski definition) is 1. The standard InChI is InChI=1S/C22H23ClN4O3S2/c1-26-20(16-7-3-2-4-8-16)14-24-22(26)31-15-21(28)25-19-13-17(9-10-18(19)23)32(29,30)27-11-5-6-12-27/h2-4,7-10,13-14H,5-6,11-12,15H2,1H3,(H,25,28). The average molecular weight is 491 g/mol. The van der Waals surface area contributed by atoms with Crippen molar-refractivity contribution in [1.29, 1.82) is 0 Å². The Morgan fingerprint density at radius 1 is 1.16 bits per heavy atom. The molecule has 0 radical (unpaired) electrons. The van der Waals surface area contributed by atoms with Gasteiger partial charge in [-0.15, -0.1) is 0 Å². The van der Waals surface area contributed by atoms with Gasteiger partial charge in [-0.25, -0.2) is 13.4 Å². The SMILES string of the molecule is Cn1c(-c2ccccc2)cnc1SCC(=O)Nc1cc(S(=O)(=O)N2CCCC2)ccc1Cl. The van der Waals surface area contributed by atoms with E-state index in [1.807, 2.05) is 41.9 Å². The predicted molar refractivity (Wildman–Crippen MR) is 127 cm³/mol. The van der Waals surface area contributed by atoms with Crippen LogP contribution >= 0.6 is 23.4 Å². The molecule has 2 heterocycles. The van der Waals surface area contributed by atoms with Gasteiger partial charge >= 0.3 is 0 Å². The summed E-state index contributed by atoms with van der Waals surface area (Å²) in [7, 11) is -1.69. The third-order valence-electron chi connectivity index (χ3n) is 5.26. The number of nitrogens with zero attached hydrogens (tertiary/aromatic N) is 3. The molecule has 7 nitrogen and oxygen atoms in total. The number of thioether (sulfide) groups is 1. The Bertz CT molecular complexity index is 1220. The number of anilines is 1. The molecule has 0 spiro atoms. The van der Waals surface area contributed by atoms with Crippen molar-refractivity contribution in [3.63, 3.8) is 0 Å². The van der Waals surface area contributed by atoms with Crippen LogP contribution in [-0.4, -0.2) is 47.0 Å². The first kappa shape index (κ1) is 22.8. The Morgan fingerprint density at radius 3 is 2.59 bits per heavy atom. The Balaban J connectivity index is 1.43. The van der Waals surface area contributed by atoms with E-state index in [-0.39, 0.29) is 27.3 Å². The topological polar surface area (TPSA) is 84.3 Å². The number of carbonyl (C=O) groups excluding carboxylic acids is 1. The van der Waals surface area contributed by atoms with Crippen LogP contribution in [0.5, 0.6) is 0 Å². The van der Waals surface area contributed by atoms with Crippen molar-refractivity contribution >= 4 is 45.0 Å². The molecule has 1 N–H and O–H groups in total. The summed E-state index contributed by atoms with van der Waals surface area (Å²) in [4.78, 5) is 17.1. The van der Waals surface area contributed by atoms with Crippen LogP contribution in [0.2, 0.25) is 5.02 Å². The molecule has 1 aromatic heterocycles. The van der Waals surface area contributed by atoms with Crippen LogP contribution in [0.25, 0.3) is 11.3 Å². The van der Waals surface area contributed by atoms with Gasteiger partial charge < -0.3 is 9.88 Å². The molecule has 10 heteroatoms. The van der Waals surface area contributed by atoms with Crippen LogP contribution in [-0.2, 0) is 21.9 Å². The lowest BCUT2D eigenvalue weighted by molar-refractivity contribution is -0.113. The smallest absolute Gasteiger partial charge is 0.243 e. The van der Waals surface area contributed by atoms with Crippen LogP contribution < -0.4 is 5.32 Å². The normalized spacial score (nSPS) is 14.6. The minimum Gasteiger partial charge on any atom is -0.324 e. The molecule has 3 aromatic rings. The molecular weight excluding hydrogens is 468 g/mol. The fourth-order valence-electron chi connectivity index (χ4n) is 3.56. The number of nitrogens with one attached hydrogen (secondary N) is 1. The first-order valence-corrected chi connectivity index (χ1v) is 13.0. The molecule has 0 bridgehead atoms. The highest BCUT2D eigenvalue weighted by molar-refractivity contribution is 7.99. The maximum Gasteiger partial charge on any atom is 0.243 e. The molecule has 1 aliphatic heterocycles. The predicted octanol–water partition coefficient (Wildman–Crippen LogP) is 4.26. The van der Waals surface area contributed by atoms with Gasteiger partial charge in [0.25, 0.3) is 0 Å². The Kier molecular flexibility index (Phi) is 6.90. The minimum absolute atomic E-state index is 0.110. The van der Waals surface area contributed by atoms with E-state index in [2.05, 4.69) is 10.3 Å². The number of amides is 1. The number of halogens is 1. The number of carbonyl (C=O) groups is 1. The number of aromatic nitrogens is 2. The molecule has 1 aliphatic rings. The molecule has 0 atom stereocenters. The van der Waals surface area contributed by atoms with E-state index in [1.165, 1.54) is 34.3 Å². The van der Waals surface area contributed by atoms with E-state index in [4.69, 9.17) is 11.6 Å². The fraction of sp³-hybridized carbons (Fsp3) is 0.273. The third kappa shape index (κ3) is 4.85. The van der Waals surface area contributed by atoms with Crippen molar-refractivity contribution in [3.05, 3.63) is 59.8 Å². The van der Waals surface area contributed by atoms with E-state index < -0.39 is 10.0 Å². The summed E-state index contributed by atoms with van der Waals surface area (Å²) in [6.07, 6.45) is 3.48. The lowest BCUT2D eigenvalue weighted by Gasteiger charge is -2.16. The number of rotatable bonds is 7. The molecular formula is C22H23ClN4O3S2. The van der Waals surface area contributed by atoms with Crippen molar-refractivity contribution in [3.8, 4) is 11.3 Å². The van der Waals surface area contributed by atoms with Crippen LogP contribution in [0.15, 0.2) is 64.8 Å². The minimum atomic E-state index is -3.59. The molecule has 32 heavy (non-hydrogen) atoms. The Morgan fingerprint density at radius 2 is 1.88 bits per heavy atom. The van der Waals surface area contributed by atoms with Crippen LogP contribution in [0.3, 0.4) is 0 Å². The molecule has 168 valence electrons. The highest BCUT2D eigenvalue weighted by Gasteiger charge is 2.27. The van der Waals surface area contributed by atoms with Crippen molar-refractivity contribution < 1.29 is 13.2 Å². The van der Waals surface area contributed by atoms with Gasteiger partial charge in [-0.05, 0) is 36.6 Å². The van der Waals surface area contributed by atoms with Crippen LogP contribution in [0, 0.1) is 0 Å². The van der Waals surface area contributed by atoms with E-state index >= 15 is 0 Å². The summed E-state index contributed by atoms with van der Waals surface area (Å²) in [5, 5.41) is 3.72. The molecule has 0 saturated carbocycles. The van der Waals surface area contributed by atoms with Crippen molar-refractivity contribution in [2.45, 2.75) is 22.9 Å². The zero-order valence-corrected chi connectivity index (χ0v) is 19.9. The summed E-state index contributed by atoms with van der Waals surface area (Å²) < 4.78 is 29.0. The molecule has 1 fully saturated rings. The molecule has 2 aromatic carbocycles. The second-order valence-corrected chi connectivity index (χ2v) is 10.7. The summed E-state index contributed by atoms with van der Waals surface area (Å²) >= 11 is 7.51. The van der Waals surface area contributed by atoms with Gasteiger partial charge in [0.2, 0.25) is 15.9 Å². The third-order valence-corrected chi connectivity index (χ3v) is 8.53. The van der Waals surface area contributed by atoms with Gasteiger partial charge in [0.15, 0.2) is 5.16 Å². The average Bonchev–Trinajstić information content (AvgIpc) is 3.45. The number of imidazole rings is 1. The van der Waals surface area contributed by atoms with Gasteiger partial charge in [-0.1, -0.05) is 53.7 Å². The monoisotopic (exact) mass is 490 g/mol. The number of hydrogen-bond acceptors (Lipinski definition) is 5. The zero-order valence-electron chi connectivity index (χ0n) is 17.5. The number of sulfonamides is 1. The highest BCUT2D eigenvalue weighted by atomic mass is 35.5. The van der Waals surface area contributed by atoms with E-state index in [9.17, 15) is 13.2 Å². The largest absolute Gasteiger partial charge is 0.324 e. The van der Waals surface area contributed by atoms with Crippen molar-refractivity contribution in [2.75, 3.05) is 24.2 Å². The van der Waals surface area contributed by atoms with Gasteiger partial charge in [0.1, 0.15) is 0 Å². The second-order valence-electron chi connectivity index (χ2n) is 7.44. The zero-order chi connectivity index (χ0) is 22.7. The second kappa shape index (κ2) is 9.66. The Labute approximate surface area is 196 Å². The fourth-order valence-corrected chi connectivity index (χ4v) is 6.02. The van der Waals surface area contributed by atoms with Crippen LogP contribution in [0.4, 0.5) is 5.69 Å². The van der Waals surface area contributed by atoms with E-state index in [0.717, 1.165) is 24.1 Å². The summed E-state index contributed by atoms with van der Waals surface area (Å²) in [5.41, 5.74) is 2.28. The van der Waals surface area contributed by atoms with Gasteiger partial charge in [-0.3, -0.25) is 4.79 Å². The van der Waals surface area contributed by atoms with E-state index in [0.29, 0.717) is 18.2 Å². The number of benzene rings is 2. The Hall–Kier alpha value is -2.33. The molecule has 4 rings (SSSR count). The quantitative estimate of drug-likeness (QED) is 0.500. The van der Waals surface area contributed by atoms with Crippen LogP contribution in [0.1, 0.15) is 12.8 Å². The lowest BCUT2D eigenvalue weighted by Crippen LogP contribution is -2.28. The van der Waals surface area contributed by atoms with E-state index in [1.54, 1.807) is 6.20 Å².